The summed E-state index contributed by atoms with van der Waals surface area (Å²) in [5.41, 5.74) is 0. The first kappa shape index (κ1) is 13.9. The van der Waals surface area contributed by atoms with Crippen LogP contribution >= 0.6 is 0 Å². The molecule has 2 saturated heterocycles. The van der Waals surface area contributed by atoms with E-state index in [1.807, 2.05) is 13.8 Å². The molecule has 2 fully saturated rings. The average Bonchev–Trinajstić information content (AvgIpc) is 2.71. The molecule has 1 atom stereocenters. The molecular formula is C13H29N3. The Morgan fingerprint density at radius 1 is 0.938 bits per heavy atom. The van der Waals surface area contributed by atoms with Gasteiger partial charge in [-0.3, -0.25) is 4.90 Å². The lowest BCUT2D eigenvalue weighted by molar-refractivity contribution is 0.124. The highest BCUT2D eigenvalue weighted by Gasteiger charge is 2.24. The van der Waals surface area contributed by atoms with E-state index in [4.69, 9.17) is 0 Å². The smallest absolute Gasteiger partial charge is 0.0220 e. The number of hydrogen-bond donors (Lipinski definition) is 0. The SMILES string of the molecule is CC.CN1CCN(CC2CCCN2C)CC1. The standard InChI is InChI=1S/C11H23N3.C2H6/c1-12-6-8-14(9-7-12)10-11-4-3-5-13(11)2;1-2/h11H,3-10H2,1-2H3;1-2H3. The van der Waals surface area contributed by atoms with Crippen molar-refractivity contribution in [2.24, 2.45) is 0 Å². The van der Waals surface area contributed by atoms with Gasteiger partial charge in [0.2, 0.25) is 0 Å². The fourth-order valence-electron chi connectivity index (χ4n) is 2.54. The third-order valence-electron chi connectivity index (χ3n) is 3.74. The van der Waals surface area contributed by atoms with E-state index < -0.39 is 0 Å². The van der Waals surface area contributed by atoms with Gasteiger partial charge in [-0.1, -0.05) is 13.8 Å². The van der Waals surface area contributed by atoms with E-state index in [-0.39, 0.29) is 0 Å². The topological polar surface area (TPSA) is 9.72 Å². The molecule has 0 aromatic carbocycles. The molecular weight excluding hydrogens is 198 g/mol. The predicted octanol–water partition coefficient (Wildman–Crippen LogP) is 1.35. The lowest BCUT2D eigenvalue weighted by atomic mass is 10.2. The van der Waals surface area contributed by atoms with Crippen LogP contribution in [-0.4, -0.2) is 74.1 Å². The molecule has 0 aromatic rings. The monoisotopic (exact) mass is 227 g/mol. The second-order valence-corrected chi connectivity index (χ2v) is 4.88. The van der Waals surface area contributed by atoms with Crippen LogP contribution in [0.2, 0.25) is 0 Å². The summed E-state index contributed by atoms with van der Waals surface area (Å²) in [4.78, 5) is 7.58. The lowest BCUT2D eigenvalue weighted by Gasteiger charge is -2.35. The molecule has 1 unspecified atom stereocenters. The zero-order valence-corrected chi connectivity index (χ0v) is 11.6. The highest BCUT2D eigenvalue weighted by Crippen LogP contribution is 2.16. The highest BCUT2D eigenvalue weighted by atomic mass is 15.3. The molecule has 0 radical (unpaired) electrons. The first-order valence-corrected chi connectivity index (χ1v) is 6.87. The van der Waals surface area contributed by atoms with Crippen LogP contribution in [0.5, 0.6) is 0 Å². The van der Waals surface area contributed by atoms with Crippen LogP contribution in [0.1, 0.15) is 26.7 Å². The molecule has 3 heteroatoms. The van der Waals surface area contributed by atoms with E-state index in [1.54, 1.807) is 0 Å². The van der Waals surface area contributed by atoms with Gasteiger partial charge < -0.3 is 9.80 Å². The molecule has 3 nitrogen and oxygen atoms in total. The van der Waals surface area contributed by atoms with Crippen molar-refractivity contribution in [2.45, 2.75) is 32.7 Å². The minimum atomic E-state index is 0.832. The number of rotatable bonds is 2. The molecule has 2 heterocycles. The van der Waals surface area contributed by atoms with Gasteiger partial charge in [-0.2, -0.15) is 0 Å². The number of hydrogen-bond acceptors (Lipinski definition) is 3. The van der Waals surface area contributed by atoms with Crippen molar-refractivity contribution in [2.75, 3.05) is 53.4 Å². The van der Waals surface area contributed by atoms with Crippen molar-refractivity contribution in [3.63, 3.8) is 0 Å². The highest BCUT2D eigenvalue weighted by molar-refractivity contribution is 4.81. The van der Waals surface area contributed by atoms with Crippen molar-refractivity contribution < 1.29 is 0 Å². The van der Waals surface area contributed by atoms with E-state index in [9.17, 15) is 0 Å². The number of nitrogens with zero attached hydrogens (tertiary/aromatic N) is 3. The van der Waals surface area contributed by atoms with Gasteiger partial charge in [-0.05, 0) is 33.5 Å². The van der Waals surface area contributed by atoms with Crippen LogP contribution in [0.25, 0.3) is 0 Å². The Hall–Kier alpha value is -0.120. The second-order valence-electron chi connectivity index (χ2n) is 4.88. The summed E-state index contributed by atoms with van der Waals surface area (Å²) < 4.78 is 0. The van der Waals surface area contributed by atoms with Crippen molar-refractivity contribution in [3.05, 3.63) is 0 Å². The molecule has 0 aliphatic carbocycles. The summed E-state index contributed by atoms with van der Waals surface area (Å²) >= 11 is 0. The third-order valence-corrected chi connectivity index (χ3v) is 3.74. The van der Waals surface area contributed by atoms with E-state index in [1.165, 1.54) is 52.1 Å². The maximum Gasteiger partial charge on any atom is 0.0220 e. The van der Waals surface area contributed by atoms with Crippen molar-refractivity contribution in [1.29, 1.82) is 0 Å². The minimum absolute atomic E-state index is 0.832. The number of likely N-dealkylation sites (tertiary alicyclic amines) is 1. The Kier molecular flexibility index (Phi) is 6.32. The van der Waals surface area contributed by atoms with Crippen LogP contribution in [0.3, 0.4) is 0 Å². The molecule has 2 aliphatic rings. The van der Waals surface area contributed by atoms with Gasteiger partial charge in [0.15, 0.2) is 0 Å². The van der Waals surface area contributed by atoms with Crippen LogP contribution < -0.4 is 0 Å². The van der Waals surface area contributed by atoms with Gasteiger partial charge in [-0.15, -0.1) is 0 Å². The first-order chi connectivity index (χ1) is 7.75. The number of likely N-dealkylation sites (N-methyl/N-ethyl adjacent to an activating group) is 2. The maximum absolute atomic E-state index is 2.63. The molecule has 0 saturated carbocycles. The van der Waals surface area contributed by atoms with Gasteiger partial charge in [-0.25, -0.2) is 0 Å². The first-order valence-electron chi connectivity index (χ1n) is 6.87. The zero-order chi connectivity index (χ0) is 12.0. The average molecular weight is 227 g/mol. The Morgan fingerprint density at radius 2 is 1.56 bits per heavy atom. The Balaban J connectivity index is 0.000000606. The van der Waals surface area contributed by atoms with Gasteiger partial charge in [0, 0.05) is 38.8 Å². The van der Waals surface area contributed by atoms with Gasteiger partial charge in [0.05, 0.1) is 0 Å². The van der Waals surface area contributed by atoms with Crippen molar-refractivity contribution in [3.8, 4) is 0 Å². The van der Waals surface area contributed by atoms with E-state index in [2.05, 4.69) is 28.8 Å². The Morgan fingerprint density at radius 3 is 2.06 bits per heavy atom. The zero-order valence-electron chi connectivity index (χ0n) is 11.6. The molecule has 0 spiro atoms. The normalized spacial score (nSPS) is 28.9. The van der Waals surface area contributed by atoms with Crippen LogP contribution in [0, 0.1) is 0 Å². The summed E-state index contributed by atoms with van der Waals surface area (Å²) in [7, 11) is 4.49. The molecule has 0 aromatic heterocycles. The lowest BCUT2D eigenvalue weighted by Crippen LogP contribution is -2.48. The van der Waals surface area contributed by atoms with Crippen LogP contribution in [0.15, 0.2) is 0 Å². The van der Waals surface area contributed by atoms with Crippen molar-refractivity contribution in [1.82, 2.24) is 14.7 Å². The van der Waals surface area contributed by atoms with E-state index in [0.29, 0.717) is 0 Å². The van der Waals surface area contributed by atoms with Crippen LogP contribution in [-0.2, 0) is 0 Å². The Bertz CT molecular complexity index is 176. The second kappa shape index (κ2) is 7.25. The van der Waals surface area contributed by atoms with E-state index >= 15 is 0 Å². The van der Waals surface area contributed by atoms with E-state index in [0.717, 1.165) is 6.04 Å². The summed E-state index contributed by atoms with van der Waals surface area (Å²) in [6.45, 7) is 11.6. The molecule has 2 aliphatic heterocycles. The molecule has 96 valence electrons. The van der Waals surface area contributed by atoms with Crippen LogP contribution in [0.4, 0.5) is 0 Å². The molecule has 16 heavy (non-hydrogen) atoms. The molecule has 0 bridgehead atoms. The van der Waals surface area contributed by atoms with Crippen molar-refractivity contribution >= 4 is 0 Å². The molecule has 0 amide bonds. The quantitative estimate of drug-likeness (QED) is 0.705. The predicted molar refractivity (Wildman–Crippen MR) is 70.9 cm³/mol. The van der Waals surface area contributed by atoms with Gasteiger partial charge >= 0.3 is 0 Å². The summed E-state index contributed by atoms with van der Waals surface area (Å²) in [6, 6.07) is 0.832. The third kappa shape index (κ3) is 4.04. The summed E-state index contributed by atoms with van der Waals surface area (Å²) in [6.07, 6.45) is 2.80. The Labute approximate surface area is 101 Å². The largest absolute Gasteiger partial charge is 0.304 e. The number of piperazine rings is 1. The fourth-order valence-corrected chi connectivity index (χ4v) is 2.54. The van der Waals surface area contributed by atoms with Gasteiger partial charge in [0.25, 0.3) is 0 Å². The molecule has 2 rings (SSSR count). The summed E-state index contributed by atoms with van der Waals surface area (Å²) in [5, 5.41) is 0. The molecule has 0 N–H and O–H groups in total. The fraction of sp³-hybridized carbons (Fsp3) is 1.00. The van der Waals surface area contributed by atoms with Gasteiger partial charge in [0.1, 0.15) is 0 Å². The maximum atomic E-state index is 2.63. The summed E-state index contributed by atoms with van der Waals surface area (Å²) in [5.74, 6) is 0. The minimum Gasteiger partial charge on any atom is -0.304 e.